The van der Waals surface area contributed by atoms with E-state index in [4.69, 9.17) is 0 Å². The number of rotatable bonds is 5. The third-order valence-corrected chi connectivity index (χ3v) is 3.76. The molecule has 17 heavy (non-hydrogen) atoms. The first-order chi connectivity index (χ1) is 8.29. The molecule has 1 aliphatic rings. The van der Waals surface area contributed by atoms with Gasteiger partial charge in [-0.3, -0.25) is 0 Å². The van der Waals surface area contributed by atoms with Crippen molar-refractivity contribution < 1.29 is 0 Å². The molecule has 1 saturated heterocycles. The lowest BCUT2D eigenvalue weighted by molar-refractivity contribution is 0.314. The van der Waals surface area contributed by atoms with E-state index in [1.165, 1.54) is 50.0 Å². The van der Waals surface area contributed by atoms with Gasteiger partial charge in [-0.15, -0.1) is 0 Å². The normalized spacial score (nSPS) is 18.5. The molecule has 0 bridgehead atoms. The number of hydrogen-bond acceptors (Lipinski definition) is 2. The second kappa shape index (κ2) is 6.18. The van der Waals surface area contributed by atoms with Crippen LogP contribution in [0.25, 0.3) is 0 Å². The van der Waals surface area contributed by atoms with Crippen molar-refractivity contribution in [2.45, 2.75) is 32.2 Å². The molecule has 0 amide bonds. The van der Waals surface area contributed by atoms with Crippen LogP contribution in [0.2, 0.25) is 0 Å². The van der Waals surface area contributed by atoms with Crippen molar-refractivity contribution in [2.75, 3.05) is 26.7 Å². The summed E-state index contributed by atoms with van der Waals surface area (Å²) in [6.07, 6.45) is 3.98. The minimum atomic E-state index is 0.496. The second-order valence-electron chi connectivity index (χ2n) is 5.09. The van der Waals surface area contributed by atoms with E-state index in [1.54, 1.807) is 0 Å². The number of benzene rings is 1. The predicted molar refractivity (Wildman–Crippen MR) is 73.3 cm³/mol. The van der Waals surface area contributed by atoms with Crippen LogP contribution >= 0.6 is 0 Å². The predicted octanol–water partition coefficient (Wildman–Crippen LogP) is 2.74. The SMILES string of the molecule is CNC(CCN1CCCC1)c1ccc(C)cc1. The lowest BCUT2D eigenvalue weighted by Gasteiger charge is -2.21. The number of nitrogens with one attached hydrogen (secondary N) is 1. The van der Waals surface area contributed by atoms with Crippen LogP contribution in [-0.2, 0) is 0 Å². The Labute approximate surface area is 105 Å². The van der Waals surface area contributed by atoms with Gasteiger partial charge in [0.2, 0.25) is 0 Å². The highest BCUT2D eigenvalue weighted by molar-refractivity contribution is 5.24. The van der Waals surface area contributed by atoms with E-state index in [-0.39, 0.29) is 0 Å². The zero-order chi connectivity index (χ0) is 12.1. The lowest BCUT2D eigenvalue weighted by atomic mass is 10.0. The summed E-state index contributed by atoms with van der Waals surface area (Å²) in [4.78, 5) is 2.58. The molecule has 0 saturated carbocycles. The quantitative estimate of drug-likeness (QED) is 0.840. The van der Waals surface area contributed by atoms with Crippen LogP contribution in [0.5, 0.6) is 0 Å². The molecule has 0 radical (unpaired) electrons. The summed E-state index contributed by atoms with van der Waals surface area (Å²) in [5.41, 5.74) is 2.75. The summed E-state index contributed by atoms with van der Waals surface area (Å²) in [5, 5.41) is 3.44. The topological polar surface area (TPSA) is 15.3 Å². The Bertz CT molecular complexity index is 325. The average Bonchev–Trinajstić information content (AvgIpc) is 2.85. The minimum absolute atomic E-state index is 0.496. The molecule has 2 rings (SSSR count). The fourth-order valence-corrected chi connectivity index (χ4v) is 2.59. The Morgan fingerprint density at radius 1 is 1.18 bits per heavy atom. The third-order valence-electron chi connectivity index (χ3n) is 3.76. The standard InChI is InChI=1S/C15H24N2/c1-13-5-7-14(8-6-13)15(16-2)9-12-17-10-3-4-11-17/h5-8,15-16H,3-4,9-12H2,1-2H3. The number of nitrogens with zero attached hydrogens (tertiary/aromatic N) is 1. The molecule has 94 valence electrons. The zero-order valence-electron chi connectivity index (χ0n) is 11.1. The molecule has 0 aromatic heterocycles. The van der Waals surface area contributed by atoms with Crippen molar-refractivity contribution in [3.05, 3.63) is 35.4 Å². The van der Waals surface area contributed by atoms with Gasteiger partial charge in [0.05, 0.1) is 0 Å². The molecule has 1 N–H and O–H groups in total. The molecule has 1 aromatic rings. The largest absolute Gasteiger partial charge is 0.313 e. The summed E-state index contributed by atoms with van der Waals surface area (Å²) in [5.74, 6) is 0. The molecule has 1 heterocycles. The first-order valence-electron chi connectivity index (χ1n) is 6.76. The molecular weight excluding hydrogens is 208 g/mol. The Kier molecular flexibility index (Phi) is 4.57. The zero-order valence-corrected chi connectivity index (χ0v) is 11.1. The second-order valence-corrected chi connectivity index (χ2v) is 5.09. The van der Waals surface area contributed by atoms with Gasteiger partial charge in [-0.1, -0.05) is 29.8 Å². The fraction of sp³-hybridized carbons (Fsp3) is 0.600. The Hall–Kier alpha value is -0.860. The maximum Gasteiger partial charge on any atom is 0.0329 e. The van der Waals surface area contributed by atoms with Gasteiger partial charge in [0.25, 0.3) is 0 Å². The van der Waals surface area contributed by atoms with Crippen LogP contribution in [0.15, 0.2) is 24.3 Å². The maximum absolute atomic E-state index is 3.44. The summed E-state index contributed by atoms with van der Waals surface area (Å²) >= 11 is 0. The van der Waals surface area contributed by atoms with Crippen molar-refractivity contribution >= 4 is 0 Å². The van der Waals surface area contributed by atoms with Crippen LogP contribution in [0, 0.1) is 6.92 Å². The Balaban J connectivity index is 1.89. The van der Waals surface area contributed by atoms with Crippen molar-refractivity contribution in [3.8, 4) is 0 Å². The van der Waals surface area contributed by atoms with Crippen molar-refractivity contribution in [1.82, 2.24) is 10.2 Å². The van der Waals surface area contributed by atoms with Gasteiger partial charge >= 0.3 is 0 Å². The third kappa shape index (κ3) is 3.55. The summed E-state index contributed by atoms with van der Waals surface area (Å²) in [7, 11) is 2.06. The van der Waals surface area contributed by atoms with Gasteiger partial charge in [-0.25, -0.2) is 0 Å². The summed E-state index contributed by atoms with van der Waals surface area (Å²) in [6.45, 7) is 5.95. The van der Waals surface area contributed by atoms with E-state index >= 15 is 0 Å². The minimum Gasteiger partial charge on any atom is -0.313 e. The first-order valence-corrected chi connectivity index (χ1v) is 6.76. The molecule has 2 nitrogen and oxygen atoms in total. The molecule has 0 aliphatic carbocycles. The monoisotopic (exact) mass is 232 g/mol. The van der Waals surface area contributed by atoms with Crippen LogP contribution in [0.1, 0.15) is 36.4 Å². The number of likely N-dealkylation sites (tertiary alicyclic amines) is 1. The van der Waals surface area contributed by atoms with Gasteiger partial charge in [0, 0.05) is 6.04 Å². The van der Waals surface area contributed by atoms with Crippen molar-refractivity contribution in [3.63, 3.8) is 0 Å². The van der Waals surface area contributed by atoms with E-state index < -0.39 is 0 Å². The number of hydrogen-bond donors (Lipinski definition) is 1. The first kappa shape index (κ1) is 12.6. The van der Waals surface area contributed by atoms with E-state index in [2.05, 4.69) is 48.5 Å². The summed E-state index contributed by atoms with van der Waals surface area (Å²) < 4.78 is 0. The van der Waals surface area contributed by atoms with Crippen molar-refractivity contribution in [2.24, 2.45) is 0 Å². The van der Waals surface area contributed by atoms with Gasteiger partial charge in [0.15, 0.2) is 0 Å². The van der Waals surface area contributed by atoms with E-state index in [9.17, 15) is 0 Å². The van der Waals surface area contributed by atoms with Gasteiger partial charge in [-0.2, -0.15) is 0 Å². The lowest BCUT2D eigenvalue weighted by Crippen LogP contribution is -2.26. The molecule has 2 heteroatoms. The van der Waals surface area contributed by atoms with Crippen LogP contribution in [0.4, 0.5) is 0 Å². The molecule has 1 fully saturated rings. The highest BCUT2D eigenvalue weighted by atomic mass is 15.1. The highest BCUT2D eigenvalue weighted by Crippen LogP contribution is 2.18. The summed E-state index contributed by atoms with van der Waals surface area (Å²) in [6, 6.07) is 9.41. The fourth-order valence-electron chi connectivity index (χ4n) is 2.59. The number of aryl methyl sites for hydroxylation is 1. The van der Waals surface area contributed by atoms with E-state index in [0.717, 1.165) is 0 Å². The molecule has 1 atom stereocenters. The molecule has 1 unspecified atom stereocenters. The Morgan fingerprint density at radius 3 is 2.41 bits per heavy atom. The maximum atomic E-state index is 3.44. The van der Waals surface area contributed by atoms with Crippen LogP contribution in [0.3, 0.4) is 0 Å². The van der Waals surface area contributed by atoms with Gasteiger partial charge < -0.3 is 10.2 Å². The van der Waals surface area contributed by atoms with Crippen molar-refractivity contribution in [1.29, 1.82) is 0 Å². The van der Waals surface area contributed by atoms with E-state index in [0.29, 0.717) is 6.04 Å². The molecule has 1 aromatic carbocycles. The average molecular weight is 232 g/mol. The van der Waals surface area contributed by atoms with Crippen LogP contribution in [-0.4, -0.2) is 31.6 Å². The highest BCUT2D eigenvalue weighted by Gasteiger charge is 2.14. The van der Waals surface area contributed by atoms with Crippen LogP contribution < -0.4 is 5.32 Å². The van der Waals surface area contributed by atoms with Gasteiger partial charge in [0.1, 0.15) is 0 Å². The van der Waals surface area contributed by atoms with E-state index in [1.807, 2.05) is 0 Å². The molecule has 0 spiro atoms. The van der Waals surface area contributed by atoms with Gasteiger partial charge in [-0.05, 0) is 58.4 Å². The molecular formula is C15H24N2. The molecule has 1 aliphatic heterocycles. The smallest absolute Gasteiger partial charge is 0.0329 e. The Morgan fingerprint density at radius 2 is 1.82 bits per heavy atom.